The number of rotatable bonds is 4. The van der Waals surface area contributed by atoms with Crippen LogP contribution in [0.1, 0.15) is 11.1 Å². The van der Waals surface area contributed by atoms with Gasteiger partial charge in [0.2, 0.25) is 0 Å². The number of aromatic nitrogens is 3. The molecule has 2 heterocycles. The standard InChI is InChI=1S/C11H14N6O2/c1-7-3-9(17(18)19)6-14-11(7)13-4-8-5-15-16(2)10(8)12/h3,5-6H,4,12H2,1-2H3,(H,13,14). The van der Waals surface area contributed by atoms with Crippen molar-refractivity contribution in [3.63, 3.8) is 0 Å². The van der Waals surface area contributed by atoms with Crippen LogP contribution in [0.2, 0.25) is 0 Å². The molecule has 0 aliphatic heterocycles. The molecule has 19 heavy (non-hydrogen) atoms. The van der Waals surface area contributed by atoms with Crippen LogP contribution in [-0.4, -0.2) is 19.7 Å². The summed E-state index contributed by atoms with van der Waals surface area (Å²) in [4.78, 5) is 14.2. The van der Waals surface area contributed by atoms with Crippen LogP contribution in [0.25, 0.3) is 0 Å². The number of aryl methyl sites for hydroxylation is 2. The van der Waals surface area contributed by atoms with Crippen molar-refractivity contribution >= 4 is 17.3 Å². The molecule has 3 N–H and O–H groups in total. The fourth-order valence-corrected chi connectivity index (χ4v) is 1.65. The average molecular weight is 262 g/mol. The number of nitrogens with two attached hydrogens (primary N) is 1. The maximum Gasteiger partial charge on any atom is 0.287 e. The molecule has 0 spiro atoms. The van der Waals surface area contributed by atoms with E-state index in [-0.39, 0.29) is 5.69 Å². The van der Waals surface area contributed by atoms with Gasteiger partial charge in [-0.15, -0.1) is 0 Å². The van der Waals surface area contributed by atoms with Crippen molar-refractivity contribution in [2.24, 2.45) is 7.05 Å². The van der Waals surface area contributed by atoms with Gasteiger partial charge in [0.15, 0.2) is 0 Å². The number of nitrogens with one attached hydrogen (secondary N) is 1. The maximum absolute atomic E-state index is 10.6. The van der Waals surface area contributed by atoms with E-state index in [1.807, 2.05) is 0 Å². The highest BCUT2D eigenvalue weighted by molar-refractivity contribution is 5.50. The van der Waals surface area contributed by atoms with E-state index in [1.165, 1.54) is 12.3 Å². The minimum atomic E-state index is -0.469. The Morgan fingerprint density at radius 3 is 2.79 bits per heavy atom. The van der Waals surface area contributed by atoms with E-state index < -0.39 is 4.92 Å². The lowest BCUT2D eigenvalue weighted by Crippen LogP contribution is -2.06. The minimum absolute atomic E-state index is 0.0241. The van der Waals surface area contributed by atoms with Gasteiger partial charge in [-0.25, -0.2) is 4.98 Å². The molecule has 0 aliphatic carbocycles. The first-order valence-corrected chi connectivity index (χ1v) is 5.60. The fraction of sp³-hybridized carbons (Fsp3) is 0.273. The second-order valence-corrected chi connectivity index (χ2v) is 4.15. The van der Waals surface area contributed by atoms with Crippen molar-refractivity contribution in [3.8, 4) is 0 Å². The third kappa shape index (κ3) is 2.62. The minimum Gasteiger partial charge on any atom is -0.384 e. The maximum atomic E-state index is 10.6. The van der Waals surface area contributed by atoms with Crippen LogP contribution in [0.15, 0.2) is 18.5 Å². The average Bonchev–Trinajstić information content (AvgIpc) is 2.68. The largest absolute Gasteiger partial charge is 0.384 e. The highest BCUT2D eigenvalue weighted by Gasteiger charge is 2.10. The van der Waals surface area contributed by atoms with E-state index in [1.54, 1.807) is 24.9 Å². The summed E-state index contributed by atoms with van der Waals surface area (Å²) in [7, 11) is 1.76. The summed E-state index contributed by atoms with van der Waals surface area (Å²) in [5.41, 5.74) is 7.35. The molecule has 100 valence electrons. The van der Waals surface area contributed by atoms with Crippen molar-refractivity contribution in [2.45, 2.75) is 13.5 Å². The third-order valence-corrected chi connectivity index (χ3v) is 2.79. The number of pyridine rings is 1. The zero-order valence-corrected chi connectivity index (χ0v) is 10.6. The molecule has 0 bridgehead atoms. The number of anilines is 2. The summed E-state index contributed by atoms with van der Waals surface area (Å²) in [6.07, 6.45) is 2.89. The topological polar surface area (TPSA) is 112 Å². The lowest BCUT2D eigenvalue weighted by Gasteiger charge is -2.07. The number of nitrogen functional groups attached to an aromatic ring is 1. The highest BCUT2D eigenvalue weighted by Crippen LogP contribution is 2.19. The molecule has 8 nitrogen and oxygen atoms in total. The molecular formula is C11H14N6O2. The SMILES string of the molecule is Cc1cc([N+](=O)[O-])cnc1NCc1cnn(C)c1N. The molecule has 2 rings (SSSR count). The Bertz CT molecular complexity index is 622. The van der Waals surface area contributed by atoms with Gasteiger partial charge < -0.3 is 11.1 Å². The van der Waals surface area contributed by atoms with Crippen molar-refractivity contribution in [2.75, 3.05) is 11.1 Å². The van der Waals surface area contributed by atoms with Crippen LogP contribution in [0.4, 0.5) is 17.3 Å². The lowest BCUT2D eigenvalue weighted by atomic mass is 10.2. The molecule has 0 radical (unpaired) electrons. The Balaban J connectivity index is 2.12. The molecule has 0 saturated heterocycles. The zero-order valence-electron chi connectivity index (χ0n) is 10.6. The Kier molecular flexibility index (Phi) is 3.32. The number of hydrogen-bond donors (Lipinski definition) is 2. The van der Waals surface area contributed by atoms with Gasteiger partial charge in [-0.1, -0.05) is 0 Å². The number of nitrogens with zero attached hydrogens (tertiary/aromatic N) is 4. The van der Waals surface area contributed by atoms with E-state index in [9.17, 15) is 10.1 Å². The molecule has 0 aromatic carbocycles. The molecular weight excluding hydrogens is 248 g/mol. The van der Waals surface area contributed by atoms with Gasteiger partial charge in [0.1, 0.15) is 17.8 Å². The first-order chi connectivity index (χ1) is 8.99. The van der Waals surface area contributed by atoms with Gasteiger partial charge in [0.25, 0.3) is 5.69 Å². The summed E-state index contributed by atoms with van der Waals surface area (Å²) in [5, 5.41) is 17.7. The molecule has 0 saturated carbocycles. The van der Waals surface area contributed by atoms with E-state index in [0.29, 0.717) is 23.7 Å². The first-order valence-electron chi connectivity index (χ1n) is 5.60. The van der Waals surface area contributed by atoms with Gasteiger partial charge in [0.05, 0.1) is 11.1 Å². The molecule has 0 aliphatic rings. The van der Waals surface area contributed by atoms with Crippen molar-refractivity contribution in [1.82, 2.24) is 14.8 Å². The summed E-state index contributed by atoms with van der Waals surface area (Å²) < 4.78 is 1.58. The Morgan fingerprint density at radius 2 is 2.26 bits per heavy atom. The molecule has 0 atom stereocenters. The second-order valence-electron chi connectivity index (χ2n) is 4.15. The van der Waals surface area contributed by atoms with Crippen molar-refractivity contribution < 1.29 is 4.92 Å². The lowest BCUT2D eigenvalue weighted by molar-refractivity contribution is -0.385. The van der Waals surface area contributed by atoms with E-state index in [4.69, 9.17) is 5.73 Å². The van der Waals surface area contributed by atoms with Gasteiger partial charge in [0, 0.05) is 25.2 Å². The molecule has 2 aromatic heterocycles. The summed E-state index contributed by atoms with van der Waals surface area (Å²) in [6.45, 7) is 2.22. The Hall–Kier alpha value is -2.64. The van der Waals surface area contributed by atoms with E-state index >= 15 is 0 Å². The molecule has 0 amide bonds. The van der Waals surface area contributed by atoms with Crippen molar-refractivity contribution in [3.05, 3.63) is 39.7 Å². The van der Waals surface area contributed by atoms with Gasteiger partial charge in [-0.3, -0.25) is 14.8 Å². The van der Waals surface area contributed by atoms with Crippen LogP contribution in [0.3, 0.4) is 0 Å². The number of hydrogen-bond acceptors (Lipinski definition) is 6. The summed E-state index contributed by atoms with van der Waals surface area (Å²) in [6, 6.07) is 1.47. The smallest absolute Gasteiger partial charge is 0.287 e. The Labute approximate surface area is 109 Å². The predicted molar refractivity (Wildman–Crippen MR) is 70.6 cm³/mol. The second kappa shape index (κ2) is 4.92. The van der Waals surface area contributed by atoms with Crippen molar-refractivity contribution in [1.29, 1.82) is 0 Å². The summed E-state index contributed by atoms with van der Waals surface area (Å²) >= 11 is 0. The normalized spacial score (nSPS) is 10.4. The Morgan fingerprint density at radius 1 is 1.53 bits per heavy atom. The zero-order chi connectivity index (χ0) is 14.0. The quantitative estimate of drug-likeness (QED) is 0.633. The first kappa shape index (κ1) is 12.8. The third-order valence-electron chi connectivity index (χ3n) is 2.79. The van der Waals surface area contributed by atoms with Crippen LogP contribution in [0.5, 0.6) is 0 Å². The van der Waals surface area contributed by atoms with Gasteiger partial charge >= 0.3 is 0 Å². The fourth-order valence-electron chi connectivity index (χ4n) is 1.65. The van der Waals surface area contributed by atoms with E-state index in [2.05, 4.69) is 15.4 Å². The molecule has 0 unspecified atom stereocenters. The summed E-state index contributed by atoms with van der Waals surface area (Å²) in [5.74, 6) is 1.17. The molecule has 0 fully saturated rings. The van der Waals surface area contributed by atoms with E-state index in [0.717, 1.165) is 5.56 Å². The number of nitro groups is 1. The van der Waals surface area contributed by atoms with Crippen LogP contribution < -0.4 is 11.1 Å². The van der Waals surface area contributed by atoms with Crippen LogP contribution in [0, 0.1) is 17.0 Å². The van der Waals surface area contributed by atoms with Crippen LogP contribution >= 0.6 is 0 Å². The van der Waals surface area contributed by atoms with Gasteiger partial charge in [-0.2, -0.15) is 5.10 Å². The highest BCUT2D eigenvalue weighted by atomic mass is 16.6. The van der Waals surface area contributed by atoms with Gasteiger partial charge in [-0.05, 0) is 12.5 Å². The molecule has 2 aromatic rings. The van der Waals surface area contributed by atoms with Crippen LogP contribution in [-0.2, 0) is 13.6 Å². The molecule has 8 heteroatoms. The predicted octanol–water partition coefficient (Wildman–Crippen LogP) is 1.23. The monoisotopic (exact) mass is 262 g/mol.